The molecule has 0 radical (unpaired) electrons. The minimum absolute atomic E-state index is 0.152. The van der Waals surface area contributed by atoms with Crippen molar-refractivity contribution in [1.29, 1.82) is 0 Å². The molecule has 1 heterocycles. The lowest BCUT2D eigenvalue weighted by Crippen LogP contribution is -2.42. The SMILES string of the molecule is Cc1cccc2c1CCNC2(C)C. The molecular formula is C12H17N. The van der Waals surface area contributed by atoms with Gasteiger partial charge in [-0.25, -0.2) is 0 Å². The smallest absolute Gasteiger partial charge is 0.0380 e. The molecule has 0 amide bonds. The Hall–Kier alpha value is -0.820. The summed E-state index contributed by atoms with van der Waals surface area (Å²) in [5.74, 6) is 0. The van der Waals surface area contributed by atoms with Crippen molar-refractivity contribution >= 4 is 0 Å². The lowest BCUT2D eigenvalue weighted by Gasteiger charge is -2.34. The van der Waals surface area contributed by atoms with E-state index in [0.717, 1.165) is 6.54 Å². The number of hydrogen-bond acceptors (Lipinski definition) is 1. The molecule has 1 N–H and O–H groups in total. The largest absolute Gasteiger partial charge is 0.307 e. The lowest BCUT2D eigenvalue weighted by atomic mass is 9.83. The van der Waals surface area contributed by atoms with Crippen molar-refractivity contribution in [2.75, 3.05) is 6.54 Å². The average Bonchev–Trinajstić information content (AvgIpc) is 2.06. The second-order valence-electron chi connectivity index (χ2n) is 4.40. The van der Waals surface area contributed by atoms with Crippen LogP contribution in [0.5, 0.6) is 0 Å². The predicted octanol–water partition coefficient (Wildman–Crippen LogP) is 2.38. The van der Waals surface area contributed by atoms with Crippen molar-refractivity contribution in [3.8, 4) is 0 Å². The average molecular weight is 175 g/mol. The number of rotatable bonds is 0. The second-order valence-corrected chi connectivity index (χ2v) is 4.40. The summed E-state index contributed by atoms with van der Waals surface area (Å²) in [5.41, 5.74) is 4.61. The van der Waals surface area contributed by atoms with Gasteiger partial charge in [0.05, 0.1) is 0 Å². The molecule has 1 aliphatic rings. The summed E-state index contributed by atoms with van der Waals surface area (Å²) in [4.78, 5) is 0. The van der Waals surface area contributed by atoms with Crippen LogP contribution in [0.3, 0.4) is 0 Å². The molecule has 2 rings (SSSR count). The first-order valence-electron chi connectivity index (χ1n) is 4.95. The quantitative estimate of drug-likeness (QED) is 0.638. The zero-order valence-corrected chi connectivity index (χ0v) is 8.65. The zero-order chi connectivity index (χ0) is 9.47. The molecular weight excluding hydrogens is 158 g/mol. The van der Waals surface area contributed by atoms with E-state index in [9.17, 15) is 0 Å². The number of fused-ring (bicyclic) bond motifs is 1. The first kappa shape index (κ1) is 8.76. The fraction of sp³-hybridized carbons (Fsp3) is 0.500. The molecule has 1 aromatic carbocycles. The highest BCUT2D eigenvalue weighted by Gasteiger charge is 2.26. The Kier molecular flexibility index (Phi) is 1.92. The van der Waals surface area contributed by atoms with Gasteiger partial charge in [-0.3, -0.25) is 0 Å². The molecule has 0 aliphatic carbocycles. The first-order chi connectivity index (χ1) is 6.11. The third-order valence-corrected chi connectivity index (χ3v) is 3.03. The topological polar surface area (TPSA) is 12.0 Å². The van der Waals surface area contributed by atoms with E-state index in [1.54, 1.807) is 5.56 Å². The fourth-order valence-corrected chi connectivity index (χ4v) is 2.21. The van der Waals surface area contributed by atoms with Crippen LogP contribution in [0, 0.1) is 6.92 Å². The second kappa shape index (κ2) is 2.85. The standard InChI is InChI=1S/C12H17N/c1-9-5-4-6-11-10(9)7-8-13-12(11,2)3/h4-6,13H,7-8H2,1-3H3. The van der Waals surface area contributed by atoms with Crippen LogP contribution in [0.4, 0.5) is 0 Å². The van der Waals surface area contributed by atoms with Gasteiger partial charge in [0, 0.05) is 5.54 Å². The molecule has 0 spiro atoms. The van der Waals surface area contributed by atoms with Crippen molar-refractivity contribution in [3.05, 3.63) is 34.9 Å². The third kappa shape index (κ3) is 1.37. The minimum Gasteiger partial charge on any atom is -0.307 e. The van der Waals surface area contributed by atoms with Gasteiger partial charge in [0.1, 0.15) is 0 Å². The maximum absolute atomic E-state index is 3.54. The van der Waals surface area contributed by atoms with Crippen LogP contribution in [0.2, 0.25) is 0 Å². The van der Waals surface area contributed by atoms with E-state index in [1.165, 1.54) is 17.5 Å². The zero-order valence-electron chi connectivity index (χ0n) is 8.65. The highest BCUT2D eigenvalue weighted by atomic mass is 15.0. The van der Waals surface area contributed by atoms with Crippen molar-refractivity contribution in [2.24, 2.45) is 0 Å². The van der Waals surface area contributed by atoms with Gasteiger partial charge in [-0.2, -0.15) is 0 Å². The Labute approximate surface area is 80.2 Å². The van der Waals surface area contributed by atoms with Gasteiger partial charge in [-0.05, 0) is 50.4 Å². The van der Waals surface area contributed by atoms with E-state index in [1.807, 2.05) is 0 Å². The molecule has 0 fully saturated rings. The number of aryl methyl sites for hydroxylation is 1. The van der Waals surface area contributed by atoms with Gasteiger partial charge in [-0.1, -0.05) is 18.2 Å². The van der Waals surface area contributed by atoms with E-state index in [2.05, 4.69) is 44.3 Å². The summed E-state index contributed by atoms with van der Waals surface area (Å²) < 4.78 is 0. The van der Waals surface area contributed by atoms with Crippen LogP contribution in [0.15, 0.2) is 18.2 Å². The molecule has 1 heteroatoms. The van der Waals surface area contributed by atoms with Gasteiger partial charge >= 0.3 is 0 Å². The van der Waals surface area contributed by atoms with E-state index < -0.39 is 0 Å². The van der Waals surface area contributed by atoms with Crippen molar-refractivity contribution in [3.63, 3.8) is 0 Å². The van der Waals surface area contributed by atoms with Gasteiger partial charge in [0.2, 0.25) is 0 Å². The van der Waals surface area contributed by atoms with Crippen LogP contribution >= 0.6 is 0 Å². The third-order valence-electron chi connectivity index (χ3n) is 3.03. The molecule has 0 saturated carbocycles. The van der Waals surface area contributed by atoms with Crippen LogP contribution in [-0.2, 0) is 12.0 Å². The summed E-state index contributed by atoms with van der Waals surface area (Å²) in [6.45, 7) is 7.82. The fourth-order valence-electron chi connectivity index (χ4n) is 2.21. The van der Waals surface area contributed by atoms with Crippen molar-refractivity contribution < 1.29 is 0 Å². The summed E-state index contributed by atoms with van der Waals surface area (Å²) in [5, 5.41) is 3.54. The van der Waals surface area contributed by atoms with Gasteiger partial charge in [-0.15, -0.1) is 0 Å². The number of benzene rings is 1. The van der Waals surface area contributed by atoms with E-state index in [4.69, 9.17) is 0 Å². The molecule has 0 saturated heterocycles. The number of nitrogens with one attached hydrogen (secondary N) is 1. The maximum Gasteiger partial charge on any atom is 0.0380 e. The summed E-state index contributed by atoms with van der Waals surface area (Å²) in [6.07, 6.45) is 1.17. The van der Waals surface area contributed by atoms with Crippen molar-refractivity contribution in [1.82, 2.24) is 5.32 Å². The molecule has 70 valence electrons. The normalized spacial score (nSPS) is 19.6. The first-order valence-corrected chi connectivity index (χ1v) is 4.95. The van der Waals surface area contributed by atoms with Crippen LogP contribution in [-0.4, -0.2) is 6.54 Å². The molecule has 0 bridgehead atoms. The highest BCUT2D eigenvalue weighted by molar-refractivity contribution is 5.40. The van der Waals surface area contributed by atoms with Gasteiger partial charge < -0.3 is 5.32 Å². The van der Waals surface area contributed by atoms with Crippen LogP contribution < -0.4 is 5.32 Å². The summed E-state index contributed by atoms with van der Waals surface area (Å²) >= 11 is 0. The maximum atomic E-state index is 3.54. The van der Waals surface area contributed by atoms with E-state index in [0.29, 0.717) is 0 Å². The Morgan fingerprint density at radius 2 is 2.08 bits per heavy atom. The number of hydrogen-bond donors (Lipinski definition) is 1. The molecule has 1 aliphatic heterocycles. The Balaban J connectivity index is 2.58. The Morgan fingerprint density at radius 1 is 1.31 bits per heavy atom. The molecule has 0 unspecified atom stereocenters. The predicted molar refractivity (Wildman–Crippen MR) is 55.9 cm³/mol. The van der Waals surface area contributed by atoms with Gasteiger partial charge in [0.25, 0.3) is 0 Å². The molecule has 0 aromatic heterocycles. The summed E-state index contributed by atoms with van der Waals surface area (Å²) in [6, 6.07) is 6.61. The van der Waals surface area contributed by atoms with Crippen molar-refractivity contribution in [2.45, 2.75) is 32.7 Å². The highest BCUT2D eigenvalue weighted by Crippen LogP contribution is 2.29. The van der Waals surface area contributed by atoms with E-state index in [-0.39, 0.29) is 5.54 Å². The Bertz CT molecular complexity index is 326. The lowest BCUT2D eigenvalue weighted by molar-refractivity contribution is 0.381. The van der Waals surface area contributed by atoms with Crippen LogP contribution in [0.25, 0.3) is 0 Å². The monoisotopic (exact) mass is 175 g/mol. The van der Waals surface area contributed by atoms with Gasteiger partial charge in [0.15, 0.2) is 0 Å². The van der Waals surface area contributed by atoms with Crippen LogP contribution in [0.1, 0.15) is 30.5 Å². The van der Waals surface area contributed by atoms with E-state index >= 15 is 0 Å². The molecule has 13 heavy (non-hydrogen) atoms. The molecule has 0 atom stereocenters. The minimum atomic E-state index is 0.152. The summed E-state index contributed by atoms with van der Waals surface area (Å²) in [7, 11) is 0. The molecule has 1 aromatic rings. The Morgan fingerprint density at radius 3 is 2.77 bits per heavy atom. The molecule has 1 nitrogen and oxygen atoms in total.